The number of carbonyl (C=O) groups is 2. The summed E-state index contributed by atoms with van der Waals surface area (Å²) < 4.78 is 0. The Morgan fingerprint density at radius 1 is 1.39 bits per heavy atom. The number of hydrogen-bond acceptors (Lipinski definition) is 6. The molecule has 0 saturated carbocycles. The van der Waals surface area contributed by atoms with Crippen molar-refractivity contribution < 1.29 is 9.59 Å². The quantitative estimate of drug-likeness (QED) is 0.603. The molecule has 1 amide bonds. The number of nitrogens with one attached hydrogen (secondary N) is 2. The van der Waals surface area contributed by atoms with E-state index >= 15 is 0 Å². The fourth-order valence-electron chi connectivity index (χ4n) is 3.78. The Morgan fingerprint density at radius 2 is 2.23 bits per heavy atom. The van der Waals surface area contributed by atoms with Crippen LogP contribution >= 0.6 is 34.7 Å². The lowest BCUT2D eigenvalue weighted by molar-refractivity contribution is -0.116. The fraction of sp³-hybridized carbons (Fsp3) is 0.261. The van der Waals surface area contributed by atoms with E-state index in [9.17, 15) is 14.9 Å². The van der Waals surface area contributed by atoms with E-state index in [0.29, 0.717) is 33.3 Å². The Bertz CT molecular complexity index is 1150. The number of amides is 1. The lowest BCUT2D eigenvalue weighted by Crippen LogP contribution is -2.31. The summed E-state index contributed by atoms with van der Waals surface area (Å²) in [4.78, 5) is 26.2. The molecule has 1 aliphatic carbocycles. The SMILES string of the molecule is Cc1ccc(NC(=O)CSC2=C(C#N)[C@H](c3cccs3)C3=C(CCCC3=O)N2)cc1Cl. The molecule has 1 atom stereocenters. The van der Waals surface area contributed by atoms with Crippen LogP contribution in [0.1, 0.15) is 35.6 Å². The van der Waals surface area contributed by atoms with Gasteiger partial charge in [0, 0.05) is 33.3 Å². The van der Waals surface area contributed by atoms with Crippen molar-refractivity contribution in [3.63, 3.8) is 0 Å². The standard InChI is InChI=1S/C23H20ClN3O2S2/c1-13-7-8-14(10-16(13)24)26-20(29)12-31-23-15(11-25)21(19-6-3-9-30-19)22-17(27-23)4-2-5-18(22)28/h3,6-10,21,27H,2,4-5,12H2,1H3,(H,26,29)/t21-/m1/s1. The molecule has 5 nitrogen and oxygen atoms in total. The summed E-state index contributed by atoms with van der Waals surface area (Å²) in [6.07, 6.45) is 2.06. The predicted octanol–water partition coefficient (Wildman–Crippen LogP) is 5.51. The van der Waals surface area contributed by atoms with Crippen LogP contribution in [-0.2, 0) is 9.59 Å². The molecule has 0 bridgehead atoms. The van der Waals surface area contributed by atoms with Gasteiger partial charge in [-0.15, -0.1) is 11.3 Å². The third-order valence-corrected chi connectivity index (χ3v) is 7.66. The number of carbonyl (C=O) groups excluding carboxylic acids is 2. The van der Waals surface area contributed by atoms with Gasteiger partial charge >= 0.3 is 0 Å². The number of rotatable bonds is 5. The van der Waals surface area contributed by atoms with Gasteiger partial charge in [0.2, 0.25) is 5.91 Å². The zero-order valence-corrected chi connectivity index (χ0v) is 19.2. The normalized spacial score (nSPS) is 18.4. The second-order valence-electron chi connectivity index (χ2n) is 7.40. The van der Waals surface area contributed by atoms with Gasteiger partial charge in [0.15, 0.2) is 5.78 Å². The van der Waals surface area contributed by atoms with Crippen LogP contribution in [0.5, 0.6) is 0 Å². The number of ketones is 1. The molecule has 0 spiro atoms. The molecule has 2 N–H and O–H groups in total. The minimum absolute atomic E-state index is 0.0953. The number of thioether (sulfide) groups is 1. The summed E-state index contributed by atoms with van der Waals surface area (Å²) in [5.41, 5.74) is 3.64. The van der Waals surface area contributed by atoms with Gasteiger partial charge in [-0.3, -0.25) is 9.59 Å². The van der Waals surface area contributed by atoms with E-state index in [0.717, 1.165) is 29.0 Å². The smallest absolute Gasteiger partial charge is 0.234 e. The number of allylic oxidation sites excluding steroid dienone is 3. The van der Waals surface area contributed by atoms with Crippen LogP contribution in [0.2, 0.25) is 5.02 Å². The Kier molecular flexibility index (Phi) is 6.51. The fourth-order valence-corrected chi connectivity index (χ4v) is 5.67. The molecule has 2 aromatic rings. The molecule has 2 heterocycles. The predicted molar refractivity (Wildman–Crippen MR) is 126 cm³/mol. The first-order chi connectivity index (χ1) is 15.0. The van der Waals surface area contributed by atoms with E-state index in [1.807, 2.05) is 30.5 Å². The molecule has 8 heteroatoms. The highest BCUT2D eigenvalue weighted by Gasteiger charge is 2.37. The summed E-state index contributed by atoms with van der Waals surface area (Å²) in [5, 5.41) is 19.3. The monoisotopic (exact) mass is 469 g/mol. The average Bonchev–Trinajstić information content (AvgIpc) is 3.28. The van der Waals surface area contributed by atoms with Crippen molar-refractivity contribution in [3.05, 3.63) is 73.0 Å². The number of dihydropyridines is 1. The number of nitrogens with zero attached hydrogens (tertiary/aromatic N) is 1. The molecule has 4 rings (SSSR count). The number of anilines is 1. The molecule has 0 fully saturated rings. The van der Waals surface area contributed by atoms with E-state index in [1.165, 1.54) is 23.1 Å². The van der Waals surface area contributed by atoms with Crippen LogP contribution in [0, 0.1) is 18.3 Å². The van der Waals surface area contributed by atoms with Gasteiger partial charge in [-0.2, -0.15) is 5.26 Å². The molecular weight excluding hydrogens is 450 g/mol. The van der Waals surface area contributed by atoms with Crippen LogP contribution in [0.25, 0.3) is 0 Å². The van der Waals surface area contributed by atoms with Gasteiger partial charge in [0.25, 0.3) is 0 Å². The van der Waals surface area contributed by atoms with Crippen molar-refractivity contribution in [1.82, 2.24) is 5.32 Å². The van der Waals surface area contributed by atoms with Crippen molar-refractivity contribution in [1.29, 1.82) is 5.26 Å². The van der Waals surface area contributed by atoms with Crippen LogP contribution in [-0.4, -0.2) is 17.4 Å². The lowest BCUT2D eigenvalue weighted by atomic mass is 9.79. The van der Waals surface area contributed by atoms with Gasteiger partial charge in [-0.05, 0) is 48.9 Å². The summed E-state index contributed by atoms with van der Waals surface area (Å²) in [7, 11) is 0. The molecule has 2 aliphatic rings. The largest absolute Gasteiger partial charge is 0.352 e. The molecule has 0 unspecified atom stereocenters. The van der Waals surface area contributed by atoms with E-state index in [-0.39, 0.29) is 23.4 Å². The number of halogens is 1. The van der Waals surface area contributed by atoms with Crippen LogP contribution in [0.15, 0.2) is 57.6 Å². The van der Waals surface area contributed by atoms with E-state index in [4.69, 9.17) is 11.6 Å². The first-order valence-corrected chi connectivity index (χ1v) is 12.1. The summed E-state index contributed by atoms with van der Waals surface area (Å²) in [6, 6.07) is 11.6. The van der Waals surface area contributed by atoms with Gasteiger partial charge < -0.3 is 10.6 Å². The first-order valence-electron chi connectivity index (χ1n) is 9.87. The van der Waals surface area contributed by atoms with Crippen molar-refractivity contribution in [2.24, 2.45) is 0 Å². The first kappa shape index (κ1) is 21.7. The van der Waals surface area contributed by atoms with Crippen molar-refractivity contribution in [3.8, 4) is 6.07 Å². The Labute approximate surface area is 194 Å². The van der Waals surface area contributed by atoms with E-state index < -0.39 is 0 Å². The second kappa shape index (κ2) is 9.31. The lowest BCUT2D eigenvalue weighted by Gasteiger charge is -2.32. The maximum absolute atomic E-state index is 12.7. The maximum atomic E-state index is 12.7. The van der Waals surface area contributed by atoms with Gasteiger partial charge in [-0.25, -0.2) is 0 Å². The third kappa shape index (κ3) is 4.57. The van der Waals surface area contributed by atoms with Gasteiger partial charge in [0.05, 0.1) is 28.3 Å². The number of thiophene rings is 1. The van der Waals surface area contributed by atoms with Gasteiger partial charge in [-0.1, -0.05) is 35.5 Å². The molecule has 1 aromatic carbocycles. The molecule has 0 saturated heterocycles. The number of nitriles is 1. The minimum atomic E-state index is -0.365. The molecular formula is C23H20ClN3O2S2. The Morgan fingerprint density at radius 3 is 2.94 bits per heavy atom. The highest BCUT2D eigenvalue weighted by molar-refractivity contribution is 8.03. The number of aryl methyl sites for hydroxylation is 1. The Balaban J connectivity index is 1.56. The van der Waals surface area contributed by atoms with Gasteiger partial charge in [0.1, 0.15) is 0 Å². The molecule has 31 heavy (non-hydrogen) atoms. The van der Waals surface area contributed by atoms with Crippen LogP contribution < -0.4 is 10.6 Å². The van der Waals surface area contributed by atoms with Crippen molar-refractivity contribution >= 4 is 52.1 Å². The van der Waals surface area contributed by atoms with E-state index in [2.05, 4.69) is 16.7 Å². The summed E-state index contributed by atoms with van der Waals surface area (Å²) in [6.45, 7) is 1.90. The molecule has 0 radical (unpaired) electrons. The number of Topliss-reactive ketones (excluding diaryl/α,β-unsaturated/α-hetero) is 1. The van der Waals surface area contributed by atoms with Crippen LogP contribution in [0.4, 0.5) is 5.69 Å². The maximum Gasteiger partial charge on any atom is 0.234 e. The van der Waals surface area contributed by atoms with E-state index in [1.54, 1.807) is 12.1 Å². The molecule has 158 valence electrons. The highest BCUT2D eigenvalue weighted by Crippen LogP contribution is 2.45. The number of hydrogen-bond donors (Lipinski definition) is 2. The summed E-state index contributed by atoms with van der Waals surface area (Å²) >= 11 is 8.95. The average molecular weight is 470 g/mol. The Hall–Kier alpha value is -2.53. The zero-order chi connectivity index (χ0) is 22.0. The molecule has 1 aromatic heterocycles. The van der Waals surface area contributed by atoms with Crippen molar-refractivity contribution in [2.45, 2.75) is 32.1 Å². The highest BCUT2D eigenvalue weighted by atomic mass is 35.5. The zero-order valence-electron chi connectivity index (χ0n) is 16.8. The minimum Gasteiger partial charge on any atom is -0.352 e. The topological polar surface area (TPSA) is 82.0 Å². The second-order valence-corrected chi connectivity index (χ2v) is 9.77. The summed E-state index contributed by atoms with van der Waals surface area (Å²) in [5.74, 6) is -0.329. The van der Waals surface area contributed by atoms with Crippen LogP contribution in [0.3, 0.4) is 0 Å². The molecule has 1 aliphatic heterocycles. The third-order valence-electron chi connectivity index (χ3n) is 5.29. The number of benzene rings is 1. The van der Waals surface area contributed by atoms with Crippen molar-refractivity contribution in [2.75, 3.05) is 11.1 Å².